The molecule has 3 atom stereocenters. The first-order chi connectivity index (χ1) is 9.60. The summed E-state index contributed by atoms with van der Waals surface area (Å²) in [6.07, 6.45) is -3.38. The smallest absolute Gasteiger partial charge is 0.299 e. The summed E-state index contributed by atoms with van der Waals surface area (Å²) in [6, 6.07) is 0.931. The highest BCUT2D eigenvalue weighted by Crippen LogP contribution is 2.61. The fourth-order valence-corrected chi connectivity index (χ4v) is 4.13. The van der Waals surface area contributed by atoms with Crippen LogP contribution < -0.4 is 0 Å². The minimum absolute atomic E-state index is 0.115. The zero-order valence-corrected chi connectivity index (χ0v) is 12.3. The summed E-state index contributed by atoms with van der Waals surface area (Å²) in [4.78, 5) is 19.3. The summed E-state index contributed by atoms with van der Waals surface area (Å²) in [5.74, 6) is -0.268. The molecule has 1 aromatic heterocycles. The minimum atomic E-state index is -4.57. The van der Waals surface area contributed by atoms with Crippen molar-refractivity contribution in [1.29, 1.82) is 0 Å². The van der Waals surface area contributed by atoms with Crippen molar-refractivity contribution in [2.75, 3.05) is 0 Å². The molecule has 1 aromatic rings. The van der Waals surface area contributed by atoms with Crippen molar-refractivity contribution < 1.29 is 18.0 Å². The predicted octanol–water partition coefficient (Wildman–Crippen LogP) is 3.87. The first-order valence-electron chi connectivity index (χ1n) is 6.75. The number of Topliss-reactive ketones (excluding diaryl/α,β-unsaturated/α-hetero) is 1. The quantitative estimate of drug-likeness (QED) is 0.738. The lowest BCUT2D eigenvalue weighted by Crippen LogP contribution is -2.25. The Kier molecular flexibility index (Phi) is 3.10. The summed E-state index contributed by atoms with van der Waals surface area (Å²) in [5, 5.41) is -0.423. The first kappa shape index (κ1) is 14.8. The molecule has 0 saturated heterocycles. The highest BCUT2D eigenvalue weighted by Gasteiger charge is 2.58. The summed E-state index contributed by atoms with van der Waals surface area (Å²) in [7, 11) is 0. The summed E-state index contributed by atoms with van der Waals surface area (Å²) >= 11 is 5.64. The van der Waals surface area contributed by atoms with Gasteiger partial charge < -0.3 is 0 Å². The van der Waals surface area contributed by atoms with Gasteiger partial charge >= 0.3 is 6.18 Å². The van der Waals surface area contributed by atoms with Crippen molar-refractivity contribution in [3.63, 3.8) is 0 Å². The van der Waals surface area contributed by atoms with Crippen LogP contribution in [0.4, 0.5) is 13.2 Å². The molecule has 2 aliphatic rings. The number of ketones is 1. The van der Waals surface area contributed by atoms with Gasteiger partial charge in [0.1, 0.15) is 11.5 Å². The van der Waals surface area contributed by atoms with E-state index in [4.69, 9.17) is 11.6 Å². The lowest BCUT2D eigenvalue weighted by atomic mass is 9.78. The zero-order valence-electron chi connectivity index (χ0n) is 11.5. The third-order valence-electron chi connectivity index (χ3n) is 4.98. The predicted molar refractivity (Wildman–Crippen MR) is 69.8 cm³/mol. The lowest BCUT2D eigenvalue weighted by Gasteiger charge is -2.25. The van der Waals surface area contributed by atoms with Crippen LogP contribution in [0.1, 0.15) is 44.0 Å². The van der Waals surface area contributed by atoms with Crippen molar-refractivity contribution in [3.05, 3.63) is 22.7 Å². The van der Waals surface area contributed by atoms with Gasteiger partial charge in [-0.3, -0.25) is 4.79 Å². The van der Waals surface area contributed by atoms with Crippen LogP contribution in [-0.2, 0) is 11.0 Å². The Hall–Kier alpha value is -1.17. The van der Waals surface area contributed by atoms with Crippen LogP contribution in [-0.4, -0.2) is 15.8 Å². The average Bonchev–Trinajstić information content (AvgIpc) is 2.72. The molecule has 2 fully saturated rings. The van der Waals surface area contributed by atoms with Gasteiger partial charge in [0, 0.05) is 24.0 Å². The van der Waals surface area contributed by atoms with E-state index in [-0.39, 0.29) is 34.6 Å². The van der Waals surface area contributed by atoms with Crippen LogP contribution >= 0.6 is 11.6 Å². The fraction of sp³-hybridized carbons (Fsp3) is 0.643. The first-order valence-corrected chi connectivity index (χ1v) is 7.13. The summed E-state index contributed by atoms with van der Waals surface area (Å²) < 4.78 is 38.5. The Morgan fingerprint density at radius 2 is 2.00 bits per heavy atom. The van der Waals surface area contributed by atoms with Gasteiger partial charge in [-0.15, -0.1) is 0 Å². The van der Waals surface area contributed by atoms with Gasteiger partial charge in [0.25, 0.3) is 0 Å². The van der Waals surface area contributed by atoms with E-state index in [2.05, 4.69) is 9.97 Å². The van der Waals surface area contributed by atoms with E-state index < -0.39 is 17.2 Å². The van der Waals surface area contributed by atoms with Crippen molar-refractivity contribution >= 4 is 17.4 Å². The molecule has 21 heavy (non-hydrogen) atoms. The molecular formula is C14H14ClF3N2O. The summed E-state index contributed by atoms with van der Waals surface area (Å²) in [6.45, 7) is 4.00. The number of hydrogen-bond acceptors (Lipinski definition) is 3. The van der Waals surface area contributed by atoms with Crippen molar-refractivity contribution in [3.8, 4) is 0 Å². The van der Waals surface area contributed by atoms with E-state index >= 15 is 0 Å². The maximum absolute atomic E-state index is 12.8. The third-order valence-corrected chi connectivity index (χ3v) is 5.15. The van der Waals surface area contributed by atoms with E-state index in [1.807, 2.05) is 13.8 Å². The number of nitrogens with zero attached hydrogens (tertiary/aromatic N) is 2. The Balaban J connectivity index is 2.03. The van der Waals surface area contributed by atoms with Crippen LogP contribution in [0.5, 0.6) is 0 Å². The molecule has 2 aliphatic carbocycles. The third kappa shape index (κ3) is 2.24. The number of rotatable bonds is 1. The number of carbonyl (C=O) groups is 1. The van der Waals surface area contributed by atoms with Crippen LogP contribution in [0.3, 0.4) is 0 Å². The fourth-order valence-electron chi connectivity index (χ4n) is 3.94. The van der Waals surface area contributed by atoms with E-state index in [9.17, 15) is 18.0 Å². The monoisotopic (exact) mass is 318 g/mol. The molecule has 0 N–H and O–H groups in total. The Morgan fingerprint density at radius 1 is 1.33 bits per heavy atom. The maximum atomic E-state index is 12.8. The number of alkyl halides is 3. The zero-order chi connectivity index (χ0) is 15.6. The maximum Gasteiger partial charge on any atom is 0.433 e. The highest BCUT2D eigenvalue weighted by atomic mass is 35.5. The highest BCUT2D eigenvalue weighted by molar-refractivity contribution is 6.28. The molecule has 2 bridgehead atoms. The van der Waals surface area contributed by atoms with Crippen LogP contribution in [0, 0.1) is 17.3 Å². The van der Waals surface area contributed by atoms with E-state index in [1.54, 1.807) is 0 Å². The second-order valence-electron chi connectivity index (χ2n) is 6.45. The Labute approximate surface area is 124 Å². The molecule has 0 spiro atoms. The van der Waals surface area contributed by atoms with Gasteiger partial charge in [-0.2, -0.15) is 13.2 Å². The molecule has 3 rings (SSSR count). The molecule has 3 nitrogen and oxygen atoms in total. The minimum Gasteiger partial charge on any atom is -0.299 e. The molecule has 7 heteroatoms. The molecular weight excluding hydrogens is 305 g/mol. The molecule has 1 unspecified atom stereocenters. The van der Waals surface area contributed by atoms with E-state index in [0.717, 1.165) is 6.07 Å². The van der Waals surface area contributed by atoms with E-state index in [1.165, 1.54) is 0 Å². The van der Waals surface area contributed by atoms with Crippen LogP contribution in [0.25, 0.3) is 0 Å². The van der Waals surface area contributed by atoms with Gasteiger partial charge in [0.15, 0.2) is 0 Å². The number of halogens is 4. The standard InChI is InChI=1S/C14H14ClF3N2O/c1-13(2)6-3-7(11(13)9(21)4-6)8-5-10(14(16,17)18)20-12(15)19-8/h5-7,11H,3-4H2,1-2H3/t6-,7?,11+/m1/s1. The second kappa shape index (κ2) is 4.41. The van der Waals surface area contributed by atoms with Crippen molar-refractivity contribution in [2.45, 2.75) is 38.8 Å². The largest absolute Gasteiger partial charge is 0.433 e. The van der Waals surface area contributed by atoms with Crippen LogP contribution in [0.15, 0.2) is 6.07 Å². The molecule has 114 valence electrons. The molecule has 0 radical (unpaired) electrons. The number of aromatic nitrogens is 2. The Morgan fingerprint density at radius 3 is 2.52 bits per heavy atom. The van der Waals surface area contributed by atoms with Gasteiger partial charge in [0.2, 0.25) is 5.28 Å². The van der Waals surface area contributed by atoms with Crippen LogP contribution in [0.2, 0.25) is 5.28 Å². The number of carbonyl (C=O) groups excluding carboxylic acids is 1. The molecule has 0 aromatic carbocycles. The molecule has 0 aliphatic heterocycles. The van der Waals surface area contributed by atoms with Gasteiger partial charge in [0.05, 0.1) is 0 Å². The summed E-state index contributed by atoms with van der Waals surface area (Å²) in [5.41, 5.74) is -1.01. The average molecular weight is 319 g/mol. The van der Waals surface area contributed by atoms with Gasteiger partial charge in [-0.1, -0.05) is 13.8 Å². The van der Waals surface area contributed by atoms with Crippen molar-refractivity contribution in [1.82, 2.24) is 9.97 Å². The van der Waals surface area contributed by atoms with Crippen molar-refractivity contribution in [2.24, 2.45) is 17.3 Å². The van der Waals surface area contributed by atoms with E-state index in [0.29, 0.717) is 12.8 Å². The number of fused-ring (bicyclic) bond motifs is 2. The molecule has 1 heterocycles. The lowest BCUT2D eigenvalue weighted by molar-refractivity contribution is -0.141. The van der Waals surface area contributed by atoms with Gasteiger partial charge in [-0.25, -0.2) is 9.97 Å². The molecule has 0 amide bonds. The van der Waals surface area contributed by atoms with Gasteiger partial charge in [-0.05, 0) is 35.4 Å². The Bertz CT molecular complexity index is 615. The number of hydrogen-bond donors (Lipinski definition) is 0. The topological polar surface area (TPSA) is 42.9 Å². The second-order valence-corrected chi connectivity index (χ2v) is 6.79. The molecule has 2 saturated carbocycles. The normalized spacial score (nSPS) is 31.0. The SMILES string of the molecule is CC1(C)[C@H]2CC(=O)[C@@H]1C(c1cc(C(F)(F)F)nc(Cl)n1)C2.